The lowest BCUT2D eigenvalue weighted by atomic mass is 9.92. The van der Waals surface area contributed by atoms with Gasteiger partial charge in [0.1, 0.15) is 12.1 Å². The summed E-state index contributed by atoms with van der Waals surface area (Å²) in [5, 5.41) is 38.5. The van der Waals surface area contributed by atoms with E-state index in [-0.39, 0.29) is 22.4 Å². The average molecular weight is 750 g/mol. The molecule has 0 bridgehead atoms. The molecule has 0 atom stereocenters. The summed E-state index contributed by atoms with van der Waals surface area (Å²) in [6, 6.07) is 61.5. The molecular weight excluding hydrogens is 723 g/mol. The summed E-state index contributed by atoms with van der Waals surface area (Å²) in [6.07, 6.45) is 0. The van der Waals surface area contributed by atoms with Crippen molar-refractivity contribution in [2.45, 2.75) is 0 Å². The molecule has 0 spiro atoms. The van der Waals surface area contributed by atoms with Gasteiger partial charge >= 0.3 is 0 Å². The van der Waals surface area contributed by atoms with Crippen LogP contribution in [-0.4, -0.2) is 13.7 Å². The standard InChI is InChI=1S/C52H27N7/c1-56-51-43(31-55)34(25-26-48(51)58-45-20-10-5-15-35(45)36-16-6-11-21-46(36)58)39-24-23-32(29-53)42(30-54)52(39)59-47-22-12-8-18-38(47)41-27-49-40(28-50(41)59)37-17-7-9-19-44(37)57(49)33-13-3-2-4-14-33/h2-28H. The number of hydrogen-bond donors (Lipinski definition) is 0. The first-order valence-corrected chi connectivity index (χ1v) is 19.1. The summed E-state index contributed by atoms with van der Waals surface area (Å²) in [6.45, 7) is 8.52. The third kappa shape index (κ3) is 4.65. The van der Waals surface area contributed by atoms with Crippen LogP contribution in [0.25, 0.3) is 98.5 Å². The van der Waals surface area contributed by atoms with Crippen molar-refractivity contribution in [3.8, 4) is 46.4 Å². The van der Waals surface area contributed by atoms with E-state index >= 15 is 0 Å². The number of benzene rings is 8. The van der Waals surface area contributed by atoms with Crippen LogP contribution >= 0.6 is 0 Å². The van der Waals surface area contributed by atoms with Gasteiger partial charge in [0.05, 0.1) is 73.8 Å². The Hall–Kier alpha value is -8.88. The van der Waals surface area contributed by atoms with Gasteiger partial charge in [-0.2, -0.15) is 15.8 Å². The highest BCUT2D eigenvalue weighted by atomic mass is 15.0. The fourth-order valence-corrected chi connectivity index (χ4v) is 9.17. The summed E-state index contributed by atoms with van der Waals surface area (Å²) in [7, 11) is 0. The van der Waals surface area contributed by atoms with E-state index in [9.17, 15) is 15.8 Å². The van der Waals surface area contributed by atoms with E-state index in [0.29, 0.717) is 22.5 Å². The smallest absolute Gasteiger partial charge is 0.228 e. The highest BCUT2D eigenvalue weighted by molar-refractivity contribution is 6.19. The maximum atomic E-state index is 11.0. The first-order chi connectivity index (χ1) is 29.1. The van der Waals surface area contributed by atoms with E-state index in [2.05, 4.69) is 86.8 Å². The molecule has 3 aromatic heterocycles. The molecule has 270 valence electrons. The molecule has 59 heavy (non-hydrogen) atoms. The zero-order valence-corrected chi connectivity index (χ0v) is 31.2. The summed E-state index contributed by atoms with van der Waals surface area (Å²) < 4.78 is 6.39. The molecule has 0 amide bonds. The van der Waals surface area contributed by atoms with Crippen molar-refractivity contribution < 1.29 is 0 Å². The Labute approximate surface area is 337 Å². The Bertz CT molecular complexity index is 3720. The van der Waals surface area contributed by atoms with Gasteiger partial charge in [0.15, 0.2) is 0 Å². The van der Waals surface area contributed by atoms with Crippen molar-refractivity contribution in [3.63, 3.8) is 0 Å². The van der Waals surface area contributed by atoms with E-state index in [4.69, 9.17) is 6.57 Å². The zero-order chi connectivity index (χ0) is 39.8. The maximum absolute atomic E-state index is 11.0. The highest BCUT2D eigenvalue weighted by Crippen LogP contribution is 2.46. The van der Waals surface area contributed by atoms with Gasteiger partial charge in [-0.3, -0.25) is 0 Å². The number of nitrogens with zero attached hydrogens (tertiary/aromatic N) is 7. The fourth-order valence-electron chi connectivity index (χ4n) is 9.17. The molecular formula is C52H27N7. The lowest BCUT2D eigenvalue weighted by Crippen LogP contribution is -2.04. The van der Waals surface area contributed by atoms with E-state index < -0.39 is 0 Å². The second kappa shape index (κ2) is 12.8. The molecule has 0 saturated heterocycles. The second-order valence-electron chi connectivity index (χ2n) is 14.5. The van der Waals surface area contributed by atoms with Crippen molar-refractivity contribution in [1.29, 1.82) is 15.8 Å². The first-order valence-electron chi connectivity index (χ1n) is 19.1. The third-order valence-electron chi connectivity index (χ3n) is 11.6. The number of rotatable bonds is 4. The van der Waals surface area contributed by atoms with Crippen molar-refractivity contribution >= 4 is 71.1 Å². The van der Waals surface area contributed by atoms with Gasteiger partial charge in [-0.25, -0.2) is 4.85 Å². The molecule has 3 heterocycles. The number of hydrogen-bond acceptors (Lipinski definition) is 3. The normalized spacial score (nSPS) is 11.3. The molecule has 7 heteroatoms. The van der Waals surface area contributed by atoms with E-state index in [1.165, 1.54) is 0 Å². The maximum Gasteiger partial charge on any atom is 0.228 e. The van der Waals surface area contributed by atoms with Crippen LogP contribution < -0.4 is 0 Å². The molecule has 0 radical (unpaired) electrons. The quantitative estimate of drug-likeness (QED) is 0.168. The number of fused-ring (bicyclic) bond motifs is 9. The second-order valence-corrected chi connectivity index (χ2v) is 14.5. The molecule has 8 aromatic carbocycles. The molecule has 11 rings (SSSR count). The molecule has 0 unspecified atom stereocenters. The zero-order valence-electron chi connectivity index (χ0n) is 31.2. The minimum Gasteiger partial charge on any atom is -0.319 e. The van der Waals surface area contributed by atoms with Crippen molar-refractivity contribution in [2.24, 2.45) is 0 Å². The average Bonchev–Trinajstić information content (AvgIpc) is 3.92. The number of para-hydroxylation sites is 5. The summed E-state index contributed by atoms with van der Waals surface area (Å²) in [5.41, 5.74) is 9.55. The van der Waals surface area contributed by atoms with Crippen molar-refractivity contribution in [2.75, 3.05) is 0 Å². The van der Waals surface area contributed by atoms with Gasteiger partial charge in [0, 0.05) is 43.6 Å². The van der Waals surface area contributed by atoms with Crippen LogP contribution in [0.15, 0.2) is 164 Å². The Kier molecular flexibility index (Phi) is 7.28. The van der Waals surface area contributed by atoms with Gasteiger partial charge in [-0.05, 0) is 66.2 Å². The van der Waals surface area contributed by atoms with Gasteiger partial charge in [0.25, 0.3) is 0 Å². The predicted octanol–water partition coefficient (Wildman–Crippen LogP) is 12.8. The number of nitriles is 3. The SMILES string of the molecule is [C-]#[N+]c1c(-n2c3ccccc3c3ccccc32)ccc(-c2ccc(C#N)c(C#N)c2-n2c3ccccc3c3cc4c(cc32)c2ccccc2n4-c2ccccc2)c1C#N. The monoisotopic (exact) mass is 749 g/mol. The molecule has 7 nitrogen and oxygen atoms in total. The molecule has 0 saturated carbocycles. The van der Waals surface area contributed by atoms with E-state index in [1.54, 1.807) is 12.1 Å². The Morgan fingerprint density at radius 3 is 1.42 bits per heavy atom. The van der Waals surface area contributed by atoms with Crippen molar-refractivity contribution in [1.82, 2.24) is 13.7 Å². The van der Waals surface area contributed by atoms with Crippen molar-refractivity contribution in [3.05, 3.63) is 192 Å². The van der Waals surface area contributed by atoms with E-state index in [0.717, 1.165) is 71.1 Å². The van der Waals surface area contributed by atoms with Crippen LogP contribution in [0.4, 0.5) is 5.69 Å². The van der Waals surface area contributed by atoms with Crippen LogP contribution in [0.5, 0.6) is 0 Å². The highest BCUT2D eigenvalue weighted by Gasteiger charge is 2.26. The predicted molar refractivity (Wildman–Crippen MR) is 235 cm³/mol. The molecule has 11 aromatic rings. The Morgan fingerprint density at radius 1 is 0.407 bits per heavy atom. The van der Waals surface area contributed by atoms with Crippen LogP contribution in [-0.2, 0) is 0 Å². The van der Waals surface area contributed by atoms with Gasteiger partial charge < -0.3 is 13.7 Å². The third-order valence-corrected chi connectivity index (χ3v) is 11.6. The number of aromatic nitrogens is 3. The molecule has 0 fully saturated rings. The summed E-state index contributed by atoms with van der Waals surface area (Å²) in [5.74, 6) is 0. The Balaban J connectivity index is 1.25. The fraction of sp³-hybridized carbons (Fsp3) is 0. The molecule has 0 aliphatic heterocycles. The lowest BCUT2D eigenvalue weighted by Gasteiger charge is -2.19. The Morgan fingerprint density at radius 2 is 0.881 bits per heavy atom. The van der Waals surface area contributed by atoms with Crippen LogP contribution in [0, 0.1) is 40.6 Å². The minimum atomic E-state index is 0.180. The minimum absolute atomic E-state index is 0.180. The van der Waals surface area contributed by atoms with Crippen LogP contribution in [0.3, 0.4) is 0 Å². The summed E-state index contributed by atoms with van der Waals surface area (Å²) >= 11 is 0. The van der Waals surface area contributed by atoms with E-state index in [1.807, 2.05) is 102 Å². The van der Waals surface area contributed by atoms with Gasteiger partial charge in [0.2, 0.25) is 5.69 Å². The van der Waals surface area contributed by atoms with Gasteiger partial charge in [-0.15, -0.1) is 0 Å². The first kappa shape index (κ1) is 33.5. The van der Waals surface area contributed by atoms with Crippen LogP contribution in [0.2, 0.25) is 0 Å². The topological polar surface area (TPSA) is 90.5 Å². The largest absolute Gasteiger partial charge is 0.319 e. The van der Waals surface area contributed by atoms with Crippen LogP contribution in [0.1, 0.15) is 16.7 Å². The summed E-state index contributed by atoms with van der Waals surface area (Å²) in [4.78, 5) is 4.04. The molecule has 0 aliphatic carbocycles. The molecule has 0 N–H and O–H groups in total. The lowest BCUT2D eigenvalue weighted by molar-refractivity contribution is 1.16. The van der Waals surface area contributed by atoms with Gasteiger partial charge in [-0.1, -0.05) is 103 Å². The molecule has 0 aliphatic rings.